The highest BCUT2D eigenvalue weighted by Gasteiger charge is 2.32. The molecule has 8 N–H and O–H groups in total. The van der Waals surface area contributed by atoms with Crippen LogP contribution in [0.4, 0.5) is 0 Å². The zero-order valence-electron chi connectivity index (χ0n) is 32.3. The molecule has 0 saturated heterocycles. The van der Waals surface area contributed by atoms with Gasteiger partial charge in [-0.15, -0.1) is 0 Å². The van der Waals surface area contributed by atoms with Gasteiger partial charge in [0.1, 0.15) is 11.8 Å². The molecule has 1 aromatic carbocycles. The van der Waals surface area contributed by atoms with E-state index in [0.29, 0.717) is 36.8 Å². The van der Waals surface area contributed by atoms with Crippen LogP contribution < -0.4 is 16.0 Å². The quantitative estimate of drug-likeness (QED) is 0.0372. The average Bonchev–Trinajstić information content (AvgIpc) is 3.13. The maximum atomic E-state index is 13.2. The Kier molecular flexibility index (Phi) is 25.0. The van der Waals surface area contributed by atoms with Gasteiger partial charge in [-0.1, -0.05) is 59.2 Å². The maximum Gasteiger partial charge on any atom is 0.327 e. The average molecular weight is 856 g/mol. The first-order chi connectivity index (χ1) is 27.4. The summed E-state index contributed by atoms with van der Waals surface area (Å²) in [5, 5.41) is 53.7. The van der Waals surface area contributed by atoms with Gasteiger partial charge in [0, 0.05) is 43.7 Å². The van der Waals surface area contributed by atoms with Gasteiger partial charge in [-0.05, 0) is 43.2 Å². The Morgan fingerprint density at radius 3 is 1.76 bits per heavy atom. The minimum Gasteiger partial charge on any atom is -0.481 e. The molecule has 20 heteroatoms. The number of benzene rings is 1. The normalized spacial score (nSPS) is 12.9. The first kappa shape index (κ1) is 51.0. The minimum atomic E-state index is -1.62. The predicted octanol–water partition coefficient (Wildman–Crippen LogP) is 2.73. The van der Waals surface area contributed by atoms with Crippen molar-refractivity contribution in [3.05, 3.63) is 35.4 Å². The molecule has 1 aromatic rings. The summed E-state index contributed by atoms with van der Waals surface area (Å²) < 4.78 is 0. The number of hydrogen-bond donors (Lipinski definition) is 8. The van der Waals surface area contributed by atoms with E-state index in [2.05, 4.69) is 16.0 Å². The number of nitrogens with one attached hydrogen (secondary N) is 3. The molecule has 0 fully saturated rings. The molecule has 0 saturated carbocycles. The van der Waals surface area contributed by atoms with Crippen LogP contribution in [0.5, 0.6) is 0 Å². The van der Waals surface area contributed by atoms with Crippen molar-refractivity contribution in [2.75, 3.05) is 18.1 Å². The van der Waals surface area contributed by atoms with Gasteiger partial charge in [-0.3, -0.25) is 43.2 Å². The van der Waals surface area contributed by atoms with Crippen LogP contribution >= 0.6 is 21.6 Å². The van der Waals surface area contributed by atoms with Gasteiger partial charge in [0.2, 0.25) is 17.7 Å². The third-order valence-electron chi connectivity index (χ3n) is 8.54. The Bertz CT molecular complexity index is 1590. The van der Waals surface area contributed by atoms with Gasteiger partial charge < -0.3 is 41.5 Å². The molecule has 0 aliphatic rings. The minimum absolute atomic E-state index is 0.00918. The van der Waals surface area contributed by atoms with Crippen molar-refractivity contribution in [3.8, 4) is 0 Å². The molecular weight excluding hydrogens is 803 g/mol. The topological polar surface area (TPSA) is 308 Å². The van der Waals surface area contributed by atoms with Gasteiger partial charge in [-0.2, -0.15) is 0 Å². The van der Waals surface area contributed by atoms with Crippen molar-refractivity contribution >= 4 is 80.7 Å². The molecule has 0 aromatic heterocycles. The number of ketones is 2. The number of Topliss-reactive ketones (excluding diaryl/α,β-unsaturated/α-hetero) is 2. The van der Waals surface area contributed by atoms with Crippen molar-refractivity contribution < 1.29 is 73.5 Å². The molecular formula is C38H53N3O15S2. The second-order valence-corrected chi connectivity index (χ2v) is 16.2. The number of unbranched alkanes of at least 4 members (excludes halogenated alkanes) is 2. The summed E-state index contributed by atoms with van der Waals surface area (Å²) in [7, 11) is 2.60. The molecule has 0 heterocycles. The summed E-state index contributed by atoms with van der Waals surface area (Å²) >= 11 is 0. The fraction of sp³-hybridized carbons (Fsp3) is 0.579. The van der Waals surface area contributed by atoms with E-state index >= 15 is 0 Å². The molecule has 4 atom stereocenters. The number of carbonyl (C=O) groups excluding carboxylic acids is 5. The molecule has 58 heavy (non-hydrogen) atoms. The number of aliphatic carboxylic acids is 5. The number of carboxylic acid groups (broad SMARTS) is 5. The van der Waals surface area contributed by atoms with Crippen LogP contribution in [0.1, 0.15) is 95.1 Å². The fourth-order valence-electron chi connectivity index (χ4n) is 5.48. The molecule has 0 aliphatic heterocycles. The second-order valence-electron chi connectivity index (χ2n) is 13.6. The number of hydrogen-bond acceptors (Lipinski definition) is 12. The lowest BCUT2D eigenvalue weighted by molar-refractivity contribution is -0.145. The lowest BCUT2D eigenvalue weighted by Crippen LogP contribution is -2.48. The van der Waals surface area contributed by atoms with E-state index in [9.17, 15) is 68.4 Å². The summed E-state index contributed by atoms with van der Waals surface area (Å²) in [6, 6.07) is 3.31. The van der Waals surface area contributed by atoms with Gasteiger partial charge in [0.25, 0.3) is 0 Å². The van der Waals surface area contributed by atoms with Crippen LogP contribution in [0.15, 0.2) is 24.3 Å². The van der Waals surface area contributed by atoms with Crippen LogP contribution in [-0.2, 0) is 60.8 Å². The van der Waals surface area contributed by atoms with Crippen LogP contribution in [0, 0.1) is 11.8 Å². The predicted molar refractivity (Wildman–Crippen MR) is 212 cm³/mol. The lowest BCUT2D eigenvalue weighted by atomic mass is 9.93. The highest BCUT2D eigenvalue weighted by atomic mass is 33.1. The smallest absolute Gasteiger partial charge is 0.327 e. The van der Waals surface area contributed by atoms with Crippen LogP contribution in [0.2, 0.25) is 0 Å². The van der Waals surface area contributed by atoms with Crippen LogP contribution in [0.25, 0.3) is 0 Å². The molecule has 0 radical (unpaired) electrons. The molecule has 0 spiro atoms. The maximum absolute atomic E-state index is 13.2. The summed E-state index contributed by atoms with van der Waals surface area (Å²) in [4.78, 5) is 121. The van der Waals surface area contributed by atoms with E-state index in [1.165, 1.54) is 21.6 Å². The van der Waals surface area contributed by atoms with Crippen LogP contribution in [-0.4, -0.2) is 115 Å². The first-order valence-electron chi connectivity index (χ1n) is 18.8. The molecule has 3 amide bonds. The summed E-state index contributed by atoms with van der Waals surface area (Å²) in [5.74, 6) is -11.3. The van der Waals surface area contributed by atoms with E-state index in [1.54, 1.807) is 24.3 Å². The standard InChI is InChI=1S/C38H53N3O15S2/c1-2-15-57-58-22-29(38(55)56)41-36(52)26(20-34(48)49)19-30(43)28(21-35(50)51)40-32(45)17-24-12-10-23(11-13-24)16-31(44)39-14-6-5-7-25(37(53)54)18-27(42)8-3-4-9-33(46)47/h10-13,25-26,28-29H,2-9,14-22H2,1H3,(H,39,44)(H,40,45)(H,41,52)(H,46,47)(H,48,49)(H,50,51)(H,53,54)(H,55,56)/t25-,26+,28+,29+/m1/s1. The molecule has 0 bridgehead atoms. The Labute approximate surface area is 343 Å². The summed E-state index contributed by atoms with van der Waals surface area (Å²) in [6.45, 7) is 2.20. The van der Waals surface area contributed by atoms with Crippen molar-refractivity contribution in [1.82, 2.24) is 16.0 Å². The van der Waals surface area contributed by atoms with E-state index < -0.39 is 90.6 Å². The molecule has 0 aliphatic carbocycles. The van der Waals surface area contributed by atoms with Crippen molar-refractivity contribution in [2.24, 2.45) is 11.8 Å². The first-order valence-corrected chi connectivity index (χ1v) is 21.2. The summed E-state index contributed by atoms with van der Waals surface area (Å²) in [6.07, 6.45) is -0.159. The Hall–Kier alpha value is -4.98. The number of carboxylic acids is 5. The van der Waals surface area contributed by atoms with E-state index in [4.69, 9.17) is 5.11 Å². The van der Waals surface area contributed by atoms with Gasteiger partial charge in [0.05, 0.1) is 43.6 Å². The SMILES string of the molecule is CCCSSC[C@H](NC(=O)[C@H](CC(=O)O)CC(=O)[C@H](CC(=O)O)NC(=O)Cc1ccc(CC(=O)NCCCC[C@H](CC(=O)CCCCC(=O)O)C(=O)O)cc1)C(=O)O. The Morgan fingerprint density at radius 2 is 1.21 bits per heavy atom. The molecule has 0 unspecified atom stereocenters. The van der Waals surface area contributed by atoms with Crippen molar-refractivity contribution in [3.63, 3.8) is 0 Å². The van der Waals surface area contributed by atoms with E-state index in [-0.39, 0.29) is 62.5 Å². The summed E-state index contributed by atoms with van der Waals surface area (Å²) in [5.41, 5.74) is 1.05. The molecule has 322 valence electrons. The highest BCUT2D eigenvalue weighted by Crippen LogP contribution is 2.23. The lowest BCUT2D eigenvalue weighted by Gasteiger charge is -2.21. The third kappa shape index (κ3) is 23.3. The zero-order valence-corrected chi connectivity index (χ0v) is 33.9. The van der Waals surface area contributed by atoms with Gasteiger partial charge in [0.15, 0.2) is 5.78 Å². The monoisotopic (exact) mass is 855 g/mol. The Morgan fingerprint density at radius 1 is 0.603 bits per heavy atom. The van der Waals surface area contributed by atoms with Crippen molar-refractivity contribution in [1.29, 1.82) is 0 Å². The third-order valence-corrected chi connectivity index (χ3v) is 11.2. The Balaban J connectivity index is 2.68. The largest absolute Gasteiger partial charge is 0.481 e. The van der Waals surface area contributed by atoms with Crippen LogP contribution in [0.3, 0.4) is 0 Å². The number of carbonyl (C=O) groups is 10. The second kappa shape index (κ2) is 28.4. The van der Waals surface area contributed by atoms with E-state index in [1.807, 2.05) is 6.92 Å². The zero-order chi connectivity index (χ0) is 43.6. The number of rotatable bonds is 33. The van der Waals surface area contributed by atoms with E-state index in [0.717, 1.165) is 12.2 Å². The van der Waals surface area contributed by atoms with Crippen molar-refractivity contribution in [2.45, 2.75) is 109 Å². The highest BCUT2D eigenvalue weighted by molar-refractivity contribution is 8.76. The molecule has 1 rings (SSSR count). The fourth-order valence-corrected chi connectivity index (χ4v) is 7.77. The molecule has 18 nitrogen and oxygen atoms in total. The van der Waals surface area contributed by atoms with Gasteiger partial charge in [-0.25, -0.2) is 4.79 Å². The number of amides is 3. The van der Waals surface area contributed by atoms with Gasteiger partial charge >= 0.3 is 29.8 Å².